The topological polar surface area (TPSA) is 107 Å². The number of hydrazine groups is 1. The summed E-state index contributed by atoms with van der Waals surface area (Å²) in [6, 6.07) is 16.6. The third-order valence-electron chi connectivity index (χ3n) is 10.1. The number of nitrogens with one attached hydrogen (secondary N) is 1. The number of carbonyl (C=O) groups is 4. The fourth-order valence-corrected chi connectivity index (χ4v) is 8.67. The molecule has 4 amide bonds. The van der Waals surface area contributed by atoms with Crippen LogP contribution in [0, 0.1) is 29.5 Å². The summed E-state index contributed by atoms with van der Waals surface area (Å²) in [7, 11) is 0. The van der Waals surface area contributed by atoms with E-state index in [0.29, 0.717) is 41.2 Å². The first-order chi connectivity index (χ1) is 22.1. The van der Waals surface area contributed by atoms with Crippen molar-refractivity contribution >= 4 is 52.5 Å². The lowest BCUT2D eigenvalue weighted by molar-refractivity contribution is -0.141. The molecule has 236 valence electrons. The van der Waals surface area contributed by atoms with Gasteiger partial charge in [-0.3, -0.25) is 29.5 Å². The molecule has 2 aliphatic heterocycles. The Morgan fingerprint density at radius 2 is 1.65 bits per heavy atom. The molecule has 11 heteroatoms. The molecule has 2 heterocycles. The maximum atomic E-state index is 15.0. The minimum absolute atomic E-state index is 0.0731. The predicted octanol–water partition coefficient (Wildman–Crippen LogP) is 6.23. The van der Waals surface area contributed by atoms with E-state index >= 15 is 4.79 Å². The Morgan fingerprint density at radius 3 is 2.33 bits per heavy atom. The van der Waals surface area contributed by atoms with E-state index in [9.17, 15) is 23.9 Å². The molecule has 3 fully saturated rings. The van der Waals surface area contributed by atoms with E-state index in [0.717, 1.165) is 10.6 Å². The van der Waals surface area contributed by atoms with Gasteiger partial charge in [0.25, 0.3) is 11.8 Å². The molecule has 1 saturated carbocycles. The number of hydrogen-bond donors (Lipinski definition) is 2. The zero-order valence-corrected chi connectivity index (χ0v) is 26.3. The van der Waals surface area contributed by atoms with Gasteiger partial charge in [0.1, 0.15) is 11.6 Å². The fourth-order valence-electron chi connectivity index (χ4n) is 8.26. The highest BCUT2D eigenvalue weighted by atomic mass is 35.5. The summed E-state index contributed by atoms with van der Waals surface area (Å²) in [5.74, 6) is -5.70. The molecule has 2 aliphatic carbocycles. The number of anilines is 1. The van der Waals surface area contributed by atoms with Crippen LogP contribution in [0.2, 0.25) is 10.0 Å². The maximum Gasteiger partial charge on any atom is 0.260 e. The normalized spacial score (nSPS) is 28.6. The molecule has 6 unspecified atom stereocenters. The third kappa shape index (κ3) is 4.39. The number of halogens is 3. The predicted molar refractivity (Wildman–Crippen MR) is 169 cm³/mol. The maximum absolute atomic E-state index is 15.0. The van der Waals surface area contributed by atoms with Crippen LogP contribution >= 0.6 is 23.2 Å². The monoisotopic (exact) mass is 661 g/mol. The van der Waals surface area contributed by atoms with E-state index < -0.39 is 52.6 Å². The van der Waals surface area contributed by atoms with Gasteiger partial charge in [-0.1, -0.05) is 60.0 Å². The highest BCUT2D eigenvalue weighted by molar-refractivity contribution is 6.32. The summed E-state index contributed by atoms with van der Waals surface area (Å²) < 4.78 is 13.7. The standard InChI is InChI=1S/C35H30Cl2FN3O5/c1-2-15-40-31(43)25-14-13-23-26(29(25)33(40)45)17-27-32(44)41(39-21-9-7-20(38)8-10-21)34(46)35(27,18-3-5-19(36)6-4-18)30(23)24-12-11-22(42)16-28(24)37/h3-13,16,25-27,29-30,39,42H,2,14-15,17H2,1H3. The Labute approximate surface area is 274 Å². The average Bonchev–Trinajstić information content (AvgIpc) is 3.40. The number of amides is 4. The fraction of sp³-hybridized carbons (Fsp3) is 0.314. The van der Waals surface area contributed by atoms with Gasteiger partial charge in [0.05, 0.1) is 28.9 Å². The van der Waals surface area contributed by atoms with Crippen molar-refractivity contribution in [2.24, 2.45) is 23.7 Å². The van der Waals surface area contributed by atoms with Crippen LogP contribution in [0.3, 0.4) is 0 Å². The SMILES string of the molecule is CCCN1C(=O)C2CC=C3C(CC4C(=O)N(Nc5ccc(F)cc5)C(=O)C4(c4ccc(Cl)cc4)C3c3ccc(O)cc3Cl)C2C1=O. The second kappa shape index (κ2) is 11.2. The number of imide groups is 2. The Bertz CT molecular complexity index is 1810. The molecule has 7 rings (SSSR count). The third-order valence-corrected chi connectivity index (χ3v) is 10.7. The van der Waals surface area contributed by atoms with Crippen LogP contribution in [-0.4, -0.2) is 45.2 Å². The smallest absolute Gasteiger partial charge is 0.260 e. The Kier molecular flexibility index (Phi) is 7.44. The minimum Gasteiger partial charge on any atom is -0.508 e. The highest BCUT2D eigenvalue weighted by Crippen LogP contribution is 2.64. The van der Waals surface area contributed by atoms with E-state index in [1.165, 1.54) is 41.3 Å². The molecule has 46 heavy (non-hydrogen) atoms. The van der Waals surface area contributed by atoms with Crippen LogP contribution in [0.25, 0.3) is 0 Å². The number of carbonyl (C=O) groups excluding carboxylic acids is 4. The van der Waals surface area contributed by atoms with Gasteiger partial charge in [-0.25, -0.2) is 4.39 Å². The number of benzene rings is 3. The second-order valence-electron chi connectivity index (χ2n) is 12.4. The van der Waals surface area contributed by atoms with Crippen LogP contribution in [0.5, 0.6) is 5.75 Å². The van der Waals surface area contributed by atoms with Crippen molar-refractivity contribution in [3.63, 3.8) is 0 Å². The minimum atomic E-state index is -1.54. The summed E-state index contributed by atoms with van der Waals surface area (Å²) in [5, 5.41) is 11.9. The zero-order valence-electron chi connectivity index (χ0n) is 24.8. The molecule has 4 aliphatic rings. The van der Waals surface area contributed by atoms with Crippen LogP contribution in [0.4, 0.5) is 10.1 Å². The van der Waals surface area contributed by atoms with Crippen molar-refractivity contribution in [3.8, 4) is 5.75 Å². The lowest BCUT2D eigenvalue weighted by atomic mass is 9.49. The van der Waals surface area contributed by atoms with Gasteiger partial charge in [-0.05, 0) is 84.8 Å². The van der Waals surface area contributed by atoms with Crippen molar-refractivity contribution in [2.75, 3.05) is 12.0 Å². The number of hydrogen-bond acceptors (Lipinski definition) is 6. The Morgan fingerprint density at radius 1 is 0.935 bits per heavy atom. The number of fused-ring (bicyclic) bond motifs is 4. The van der Waals surface area contributed by atoms with Gasteiger partial charge in [0, 0.05) is 22.5 Å². The molecule has 8 nitrogen and oxygen atoms in total. The van der Waals surface area contributed by atoms with Gasteiger partial charge in [0.15, 0.2) is 0 Å². The van der Waals surface area contributed by atoms with E-state index in [1.54, 1.807) is 30.3 Å². The molecule has 0 spiro atoms. The summed E-state index contributed by atoms with van der Waals surface area (Å²) in [6.45, 7) is 2.21. The first-order valence-corrected chi connectivity index (χ1v) is 16.0. The highest BCUT2D eigenvalue weighted by Gasteiger charge is 2.70. The molecular formula is C35H30Cl2FN3O5. The summed E-state index contributed by atoms with van der Waals surface area (Å²) in [6.07, 6.45) is 3.00. The van der Waals surface area contributed by atoms with Crippen LogP contribution < -0.4 is 5.43 Å². The van der Waals surface area contributed by atoms with E-state index in [4.69, 9.17) is 23.2 Å². The van der Waals surface area contributed by atoms with E-state index in [2.05, 4.69) is 5.43 Å². The summed E-state index contributed by atoms with van der Waals surface area (Å²) >= 11 is 13.2. The van der Waals surface area contributed by atoms with Gasteiger partial charge in [-0.15, -0.1) is 0 Å². The Hall–Kier alpha value is -4.21. The van der Waals surface area contributed by atoms with Crippen molar-refractivity contribution in [2.45, 2.75) is 37.5 Å². The van der Waals surface area contributed by atoms with E-state index in [-0.39, 0.29) is 29.0 Å². The molecule has 2 saturated heterocycles. The first-order valence-electron chi connectivity index (χ1n) is 15.3. The average molecular weight is 663 g/mol. The van der Waals surface area contributed by atoms with Gasteiger partial charge < -0.3 is 5.11 Å². The quantitative estimate of drug-likeness (QED) is 0.240. The van der Waals surface area contributed by atoms with Crippen LogP contribution in [0.15, 0.2) is 78.4 Å². The number of aromatic hydroxyl groups is 1. The van der Waals surface area contributed by atoms with Gasteiger partial charge in [-0.2, -0.15) is 5.01 Å². The molecular weight excluding hydrogens is 632 g/mol. The van der Waals surface area contributed by atoms with E-state index in [1.807, 2.05) is 13.0 Å². The number of phenols is 1. The van der Waals surface area contributed by atoms with Crippen molar-refractivity contribution in [3.05, 3.63) is 105 Å². The Balaban J connectivity index is 1.46. The lowest BCUT2D eigenvalue weighted by Crippen LogP contribution is -2.53. The lowest BCUT2D eigenvalue weighted by Gasteiger charge is -2.50. The number of likely N-dealkylation sites (tertiary alicyclic amines) is 1. The molecule has 0 bridgehead atoms. The van der Waals surface area contributed by atoms with Crippen molar-refractivity contribution in [1.29, 1.82) is 0 Å². The number of phenolic OH excluding ortho intramolecular Hbond substituents is 1. The molecule has 6 atom stereocenters. The number of nitrogens with zero attached hydrogens (tertiary/aromatic N) is 2. The molecule has 3 aromatic rings. The summed E-state index contributed by atoms with van der Waals surface area (Å²) in [5.41, 5.74) is 3.48. The molecule has 2 N–H and O–H groups in total. The second-order valence-corrected chi connectivity index (χ2v) is 13.3. The summed E-state index contributed by atoms with van der Waals surface area (Å²) in [4.78, 5) is 58.3. The molecule has 0 radical (unpaired) electrons. The van der Waals surface area contributed by atoms with Crippen LogP contribution in [0.1, 0.15) is 43.2 Å². The van der Waals surface area contributed by atoms with Crippen molar-refractivity contribution < 1.29 is 28.7 Å². The van der Waals surface area contributed by atoms with Gasteiger partial charge in [0.2, 0.25) is 11.8 Å². The molecule has 0 aromatic heterocycles. The zero-order chi connectivity index (χ0) is 32.5. The number of allylic oxidation sites excluding steroid dienone is 2. The first kappa shape index (κ1) is 30.4. The van der Waals surface area contributed by atoms with Crippen LogP contribution in [-0.2, 0) is 24.6 Å². The van der Waals surface area contributed by atoms with Crippen molar-refractivity contribution in [1.82, 2.24) is 9.91 Å². The number of rotatable bonds is 6. The van der Waals surface area contributed by atoms with Gasteiger partial charge >= 0.3 is 0 Å². The largest absolute Gasteiger partial charge is 0.508 e. The molecule has 3 aromatic carbocycles.